The van der Waals surface area contributed by atoms with Gasteiger partial charge in [0.25, 0.3) is 0 Å². The van der Waals surface area contributed by atoms with Gasteiger partial charge in [0.05, 0.1) is 19.9 Å². The molecule has 0 aliphatic heterocycles. The highest BCUT2D eigenvalue weighted by Gasteiger charge is 2.19. The topological polar surface area (TPSA) is 78.4 Å². The van der Waals surface area contributed by atoms with Crippen molar-refractivity contribution in [1.29, 1.82) is 0 Å². The second-order valence-corrected chi connectivity index (χ2v) is 2.69. The van der Waals surface area contributed by atoms with E-state index < -0.39 is 11.9 Å². The van der Waals surface area contributed by atoms with E-state index in [-0.39, 0.29) is 5.57 Å². The molecular weight excluding hydrogens is 212 g/mol. The Morgan fingerprint density at radius 3 is 2.31 bits per heavy atom. The number of rotatable bonds is 3. The van der Waals surface area contributed by atoms with Crippen LogP contribution in [0.4, 0.5) is 0 Å². The molecule has 0 aliphatic carbocycles. The predicted molar refractivity (Wildman–Crippen MR) is 54.0 cm³/mol. The van der Waals surface area contributed by atoms with Gasteiger partial charge in [0.2, 0.25) is 0 Å². The third-order valence-electron chi connectivity index (χ3n) is 1.70. The van der Waals surface area contributed by atoms with E-state index in [4.69, 9.17) is 0 Å². The summed E-state index contributed by atoms with van der Waals surface area (Å²) in [7, 11) is 2.35. The molecular formula is C10H10N2O4. The summed E-state index contributed by atoms with van der Waals surface area (Å²) >= 11 is 0. The van der Waals surface area contributed by atoms with Crippen LogP contribution >= 0.6 is 0 Å². The maximum absolute atomic E-state index is 11.3. The summed E-state index contributed by atoms with van der Waals surface area (Å²) in [6, 6.07) is 3.23. The van der Waals surface area contributed by atoms with Gasteiger partial charge in [-0.05, 0) is 18.2 Å². The Morgan fingerprint density at radius 1 is 1.25 bits per heavy atom. The summed E-state index contributed by atoms with van der Waals surface area (Å²) in [5.74, 6) is -1.56. The first-order chi connectivity index (χ1) is 7.69. The first kappa shape index (κ1) is 11.8. The number of ether oxygens (including phenoxy) is 2. The molecule has 0 amide bonds. The van der Waals surface area contributed by atoms with Gasteiger partial charge in [0.1, 0.15) is 5.57 Å². The maximum atomic E-state index is 11.3. The van der Waals surface area contributed by atoms with E-state index in [2.05, 4.69) is 19.7 Å². The quantitative estimate of drug-likeness (QED) is 0.315. The molecule has 1 aromatic rings. The molecule has 0 aromatic carbocycles. The van der Waals surface area contributed by atoms with E-state index in [9.17, 15) is 9.59 Å². The molecule has 0 bridgehead atoms. The van der Waals surface area contributed by atoms with Crippen LogP contribution in [0, 0.1) is 0 Å². The average molecular weight is 222 g/mol. The van der Waals surface area contributed by atoms with Crippen molar-refractivity contribution in [3.05, 3.63) is 29.6 Å². The smallest absolute Gasteiger partial charge is 0.345 e. The highest BCUT2D eigenvalue weighted by Crippen LogP contribution is 2.06. The Hall–Kier alpha value is -2.24. The van der Waals surface area contributed by atoms with Crippen molar-refractivity contribution in [2.45, 2.75) is 0 Å². The summed E-state index contributed by atoms with van der Waals surface area (Å²) in [4.78, 5) is 22.6. The second kappa shape index (κ2) is 5.59. The van der Waals surface area contributed by atoms with Crippen LogP contribution in [0.5, 0.6) is 0 Å². The Labute approximate surface area is 91.9 Å². The Balaban J connectivity index is 3.06. The molecule has 1 rings (SSSR count). The third kappa shape index (κ3) is 2.88. The van der Waals surface area contributed by atoms with Crippen molar-refractivity contribution in [2.24, 2.45) is 0 Å². The number of carbonyl (C=O) groups excluding carboxylic acids is 2. The van der Waals surface area contributed by atoms with E-state index in [1.165, 1.54) is 26.5 Å². The highest BCUT2D eigenvalue weighted by atomic mass is 16.5. The van der Waals surface area contributed by atoms with Gasteiger partial charge in [-0.25, -0.2) is 9.59 Å². The predicted octanol–water partition coefficient (Wildman–Crippen LogP) is 0.206. The van der Waals surface area contributed by atoms with E-state index in [1.807, 2.05) is 0 Å². The van der Waals surface area contributed by atoms with Gasteiger partial charge in [-0.15, -0.1) is 0 Å². The monoisotopic (exact) mass is 222 g/mol. The fraction of sp³-hybridized carbons (Fsp3) is 0.200. The lowest BCUT2D eigenvalue weighted by molar-refractivity contribution is -0.143. The van der Waals surface area contributed by atoms with Gasteiger partial charge in [-0.3, -0.25) is 0 Å². The third-order valence-corrected chi connectivity index (χ3v) is 1.70. The summed E-state index contributed by atoms with van der Waals surface area (Å²) in [5.41, 5.74) is 0.138. The molecule has 0 atom stereocenters. The number of hydrogen-bond acceptors (Lipinski definition) is 6. The van der Waals surface area contributed by atoms with Crippen molar-refractivity contribution in [3.63, 3.8) is 0 Å². The van der Waals surface area contributed by atoms with Crippen molar-refractivity contribution >= 4 is 18.0 Å². The van der Waals surface area contributed by atoms with E-state index in [0.717, 1.165) is 0 Å². The zero-order chi connectivity index (χ0) is 12.0. The molecule has 6 nitrogen and oxygen atoms in total. The number of aromatic nitrogens is 2. The van der Waals surface area contributed by atoms with Crippen LogP contribution < -0.4 is 0 Å². The molecule has 0 unspecified atom stereocenters. The zero-order valence-electron chi connectivity index (χ0n) is 8.84. The van der Waals surface area contributed by atoms with Crippen LogP contribution in [-0.4, -0.2) is 36.4 Å². The lowest BCUT2D eigenvalue weighted by atomic mass is 10.2. The van der Waals surface area contributed by atoms with Crippen LogP contribution in [0.3, 0.4) is 0 Å². The molecule has 1 heterocycles. The minimum atomic E-state index is -0.780. The van der Waals surface area contributed by atoms with Gasteiger partial charge in [0.15, 0.2) is 0 Å². The van der Waals surface area contributed by atoms with Gasteiger partial charge in [0, 0.05) is 6.20 Å². The molecule has 0 radical (unpaired) electrons. The molecule has 16 heavy (non-hydrogen) atoms. The zero-order valence-corrected chi connectivity index (χ0v) is 8.84. The van der Waals surface area contributed by atoms with E-state index in [0.29, 0.717) is 5.69 Å². The molecule has 0 saturated carbocycles. The SMILES string of the molecule is COC(=O)C(=Cc1cccnn1)C(=O)OC. The molecule has 0 fully saturated rings. The maximum Gasteiger partial charge on any atom is 0.345 e. The average Bonchev–Trinajstić information content (AvgIpc) is 2.35. The minimum Gasteiger partial charge on any atom is -0.465 e. The van der Waals surface area contributed by atoms with Crippen molar-refractivity contribution in [3.8, 4) is 0 Å². The van der Waals surface area contributed by atoms with Gasteiger partial charge < -0.3 is 9.47 Å². The molecule has 1 aromatic heterocycles. The van der Waals surface area contributed by atoms with Gasteiger partial charge in [-0.2, -0.15) is 10.2 Å². The Morgan fingerprint density at radius 2 is 1.88 bits per heavy atom. The van der Waals surface area contributed by atoms with Crippen LogP contribution in [0.2, 0.25) is 0 Å². The Bertz CT molecular complexity index is 396. The first-order valence-corrected chi connectivity index (χ1v) is 4.35. The van der Waals surface area contributed by atoms with Crippen molar-refractivity contribution in [1.82, 2.24) is 10.2 Å². The molecule has 0 spiro atoms. The molecule has 0 saturated heterocycles. The standard InChI is InChI=1S/C10H10N2O4/c1-15-9(13)8(10(14)16-2)6-7-4-3-5-11-12-7/h3-6H,1-2H3. The molecule has 6 heteroatoms. The van der Waals surface area contributed by atoms with Crippen LogP contribution in [0.25, 0.3) is 6.08 Å². The van der Waals surface area contributed by atoms with Crippen molar-refractivity contribution < 1.29 is 19.1 Å². The minimum absolute atomic E-state index is 0.231. The van der Waals surface area contributed by atoms with E-state index in [1.54, 1.807) is 12.1 Å². The molecule has 0 N–H and O–H groups in total. The van der Waals surface area contributed by atoms with Crippen molar-refractivity contribution in [2.75, 3.05) is 14.2 Å². The summed E-state index contributed by atoms with van der Waals surface area (Å²) in [5, 5.41) is 7.32. The van der Waals surface area contributed by atoms with Gasteiger partial charge >= 0.3 is 11.9 Å². The molecule has 84 valence electrons. The number of nitrogens with zero attached hydrogens (tertiary/aromatic N) is 2. The largest absolute Gasteiger partial charge is 0.465 e. The number of esters is 2. The highest BCUT2D eigenvalue weighted by molar-refractivity contribution is 6.17. The lowest BCUT2D eigenvalue weighted by Gasteiger charge is -2.02. The number of carbonyl (C=O) groups is 2. The number of hydrogen-bond donors (Lipinski definition) is 0. The van der Waals surface area contributed by atoms with Crippen LogP contribution in [0.15, 0.2) is 23.9 Å². The fourth-order valence-electron chi connectivity index (χ4n) is 0.959. The van der Waals surface area contributed by atoms with Crippen LogP contribution in [-0.2, 0) is 19.1 Å². The van der Waals surface area contributed by atoms with Crippen LogP contribution in [0.1, 0.15) is 5.69 Å². The van der Waals surface area contributed by atoms with E-state index >= 15 is 0 Å². The molecule has 0 aliphatic rings. The normalized spacial score (nSPS) is 9.12. The summed E-state index contributed by atoms with van der Waals surface area (Å²) in [6.07, 6.45) is 2.73. The summed E-state index contributed by atoms with van der Waals surface area (Å²) < 4.78 is 8.90. The fourth-order valence-corrected chi connectivity index (χ4v) is 0.959. The summed E-state index contributed by atoms with van der Waals surface area (Å²) in [6.45, 7) is 0. The lowest BCUT2D eigenvalue weighted by Crippen LogP contribution is -2.15. The Kier molecular flexibility index (Phi) is 4.14. The van der Waals surface area contributed by atoms with Gasteiger partial charge in [-0.1, -0.05) is 0 Å². The first-order valence-electron chi connectivity index (χ1n) is 4.35. The second-order valence-electron chi connectivity index (χ2n) is 2.69. The number of methoxy groups -OCH3 is 2.